The van der Waals surface area contributed by atoms with Crippen LogP contribution >= 0.6 is 0 Å². The third kappa shape index (κ3) is 3.54. The summed E-state index contributed by atoms with van der Waals surface area (Å²) in [5, 5.41) is 0. The largest absolute Gasteiger partial charge is 0.497 e. The second-order valence-corrected chi connectivity index (χ2v) is 4.54. The summed E-state index contributed by atoms with van der Waals surface area (Å²) in [4.78, 5) is 11.4. The number of hydrogen-bond donors (Lipinski definition) is 0. The van der Waals surface area contributed by atoms with Gasteiger partial charge in [0.1, 0.15) is 11.5 Å². The van der Waals surface area contributed by atoms with Crippen molar-refractivity contribution in [2.24, 2.45) is 0 Å². The van der Waals surface area contributed by atoms with E-state index in [0.29, 0.717) is 12.0 Å². The average Bonchev–Trinajstić information content (AvgIpc) is 2.55. The Balaban J connectivity index is 2.20. The Hall–Kier alpha value is -2.49. The zero-order valence-electron chi connectivity index (χ0n) is 12.4. The van der Waals surface area contributed by atoms with E-state index < -0.39 is 0 Å². The SMILES string of the molecule is COC(=O)c1ccc(Cc2ccc(OC)cc2OC)cc1. The van der Waals surface area contributed by atoms with Gasteiger partial charge in [0.25, 0.3) is 0 Å². The van der Waals surface area contributed by atoms with E-state index in [4.69, 9.17) is 9.47 Å². The third-order valence-electron chi connectivity index (χ3n) is 3.26. The predicted molar refractivity (Wildman–Crippen MR) is 80.1 cm³/mol. The molecule has 0 N–H and O–H groups in total. The summed E-state index contributed by atoms with van der Waals surface area (Å²) in [7, 11) is 4.64. The fourth-order valence-electron chi connectivity index (χ4n) is 2.09. The van der Waals surface area contributed by atoms with Crippen molar-refractivity contribution in [3.05, 3.63) is 59.2 Å². The van der Waals surface area contributed by atoms with Gasteiger partial charge in [-0.05, 0) is 29.3 Å². The van der Waals surface area contributed by atoms with E-state index in [0.717, 1.165) is 22.6 Å². The van der Waals surface area contributed by atoms with Crippen LogP contribution in [0, 0.1) is 0 Å². The molecule has 0 radical (unpaired) electrons. The Kier molecular flexibility index (Phi) is 4.82. The average molecular weight is 286 g/mol. The van der Waals surface area contributed by atoms with Gasteiger partial charge in [-0.2, -0.15) is 0 Å². The van der Waals surface area contributed by atoms with Gasteiger partial charge in [-0.3, -0.25) is 0 Å². The van der Waals surface area contributed by atoms with E-state index in [-0.39, 0.29) is 5.97 Å². The molecule has 0 fully saturated rings. The number of methoxy groups -OCH3 is 3. The Bertz CT molecular complexity index is 617. The molecule has 0 spiro atoms. The topological polar surface area (TPSA) is 44.8 Å². The van der Waals surface area contributed by atoms with Crippen LogP contribution in [0.2, 0.25) is 0 Å². The first-order chi connectivity index (χ1) is 10.2. The lowest BCUT2D eigenvalue weighted by atomic mass is 10.0. The summed E-state index contributed by atoms with van der Waals surface area (Å²) >= 11 is 0. The summed E-state index contributed by atoms with van der Waals surface area (Å²) in [5.41, 5.74) is 2.69. The molecule has 4 nitrogen and oxygen atoms in total. The molecule has 0 heterocycles. The van der Waals surface area contributed by atoms with Crippen LogP contribution in [0.15, 0.2) is 42.5 Å². The Labute approximate surface area is 124 Å². The maximum absolute atomic E-state index is 11.4. The van der Waals surface area contributed by atoms with Crippen LogP contribution in [0.5, 0.6) is 11.5 Å². The standard InChI is InChI=1S/C17H18O4/c1-19-15-9-8-14(16(11-15)20-2)10-12-4-6-13(7-5-12)17(18)21-3/h4-9,11H,10H2,1-3H3. The Morgan fingerprint density at radius 1 is 0.952 bits per heavy atom. The van der Waals surface area contributed by atoms with E-state index in [1.165, 1.54) is 7.11 Å². The molecule has 0 atom stereocenters. The molecular formula is C17H18O4. The van der Waals surface area contributed by atoms with Gasteiger partial charge < -0.3 is 14.2 Å². The Morgan fingerprint density at radius 3 is 2.24 bits per heavy atom. The molecule has 0 amide bonds. The molecule has 0 aromatic heterocycles. The van der Waals surface area contributed by atoms with Crippen molar-refractivity contribution in [1.82, 2.24) is 0 Å². The lowest BCUT2D eigenvalue weighted by Gasteiger charge is -2.10. The highest BCUT2D eigenvalue weighted by Gasteiger charge is 2.08. The maximum Gasteiger partial charge on any atom is 0.337 e. The molecule has 0 saturated heterocycles. The van der Waals surface area contributed by atoms with Crippen molar-refractivity contribution < 1.29 is 19.0 Å². The fraction of sp³-hybridized carbons (Fsp3) is 0.235. The number of esters is 1. The summed E-state index contributed by atoms with van der Waals surface area (Å²) in [6.07, 6.45) is 0.717. The fourth-order valence-corrected chi connectivity index (χ4v) is 2.09. The molecule has 0 bridgehead atoms. The molecule has 0 aliphatic rings. The molecule has 0 aliphatic carbocycles. The monoisotopic (exact) mass is 286 g/mol. The van der Waals surface area contributed by atoms with Crippen LogP contribution in [0.25, 0.3) is 0 Å². The van der Waals surface area contributed by atoms with Gasteiger partial charge >= 0.3 is 5.97 Å². The van der Waals surface area contributed by atoms with E-state index in [1.54, 1.807) is 26.4 Å². The van der Waals surface area contributed by atoms with Crippen molar-refractivity contribution in [2.45, 2.75) is 6.42 Å². The van der Waals surface area contributed by atoms with Gasteiger partial charge in [0.15, 0.2) is 0 Å². The minimum atomic E-state index is -0.330. The zero-order chi connectivity index (χ0) is 15.2. The highest BCUT2D eigenvalue weighted by molar-refractivity contribution is 5.89. The maximum atomic E-state index is 11.4. The summed E-state index contributed by atoms with van der Waals surface area (Å²) < 4.78 is 15.3. The molecule has 0 saturated carbocycles. The number of carbonyl (C=O) groups excluding carboxylic acids is 1. The number of carbonyl (C=O) groups is 1. The van der Waals surface area contributed by atoms with Gasteiger partial charge in [-0.25, -0.2) is 4.79 Å². The first-order valence-electron chi connectivity index (χ1n) is 6.56. The van der Waals surface area contributed by atoms with E-state index in [1.807, 2.05) is 30.3 Å². The van der Waals surface area contributed by atoms with Gasteiger partial charge in [0, 0.05) is 12.5 Å². The molecule has 110 valence electrons. The quantitative estimate of drug-likeness (QED) is 0.792. The van der Waals surface area contributed by atoms with Crippen molar-refractivity contribution >= 4 is 5.97 Å². The van der Waals surface area contributed by atoms with Crippen LogP contribution in [-0.4, -0.2) is 27.3 Å². The van der Waals surface area contributed by atoms with Gasteiger partial charge in [0.2, 0.25) is 0 Å². The molecule has 0 aliphatic heterocycles. The van der Waals surface area contributed by atoms with Crippen LogP contribution in [0.1, 0.15) is 21.5 Å². The lowest BCUT2D eigenvalue weighted by Crippen LogP contribution is -2.01. The Morgan fingerprint density at radius 2 is 1.67 bits per heavy atom. The van der Waals surface area contributed by atoms with Gasteiger partial charge in [0.05, 0.1) is 26.9 Å². The highest BCUT2D eigenvalue weighted by atomic mass is 16.5. The highest BCUT2D eigenvalue weighted by Crippen LogP contribution is 2.26. The summed E-state index contributed by atoms with van der Waals surface area (Å²) in [6.45, 7) is 0. The molecule has 2 aromatic rings. The number of benzene rings is 2. The first-order valence-corrected chi connectivity index (χ1v) is 6.56. The van der Waals surface area contributed by atoms with Crippen LogP contribution < -0.4 is 9.47 Å². The number of hydrogen-bond acceptors (Lipinski definition) is 4. The van der Waals surface area contributed by atoms with Crippen molar-refractivity contribution in [2.75, 3.05) is 21.3 Å². The molecule has 0 unspecified atom stereocenters. The smallest absolute Gasteiger partial charge is 0.337 e. The second kappa shape index (κ2) is 6.79. The lowest BCUT2D eigenvalue weighted by molar-refractivity contribution is 0.0600. The minimum Gasteiger partial charge on any atom is -0.497 e. The third-order valence-corrected chi connectivity index (χ3v) is 3.26. The normalized spacial score (nSPS) is 10.0. The zero-order valence-corrected chi connectivity index (χ0v) is 12.4. The van der Waals surface area contributed by atoms with Gasteiger partial charge in [-0.15, -0.1) is 0 Å². The molecular weight excluding hydrogens is 268 g/mol. The predicted octanol–water partition coefficient (Wildman–Crippen LogP) is 3.08. The first kappa shape index (κ1) is 14.9. The van der Waals surface area contributed by atoms with Crippen LogP contribution in [0.4, 0.5) is 0 Å². The number of ether oxygens (including phenoxy) is 3. The van der Waals surface area contributed by atoms with E-state index in [2.05, 4.69) is 4.74 Å². The van der Waals surface area contributed by atoms with Crippen molar-refractivity contribution in [1.29, 1.82) is 0 Å². The summed E-state index contributed by atoms with van der Waals surface area (Å²) in [6, 6.07) is 13.1. The van der Waals surface area contributed by atoms with Crippen molar-refractivity contribution in [3.63, 3.8) is 0 Å². The van der Waals surface area contributed by atoms with Crippen LogP contribution in [0.3, 0.4) is 0 Å². The number of rotatable bonds is 5. The van der Waals surface area contributed by atoms with Gasteiger partial charge in [-0.1, -0.05) is 18.2 Å². The second-order valence-electron chi connectivity index (χ2n) is 4.54. The van der Waals surface area contributed by atoms with E-state index >= 15 is 0 Å². The molecule has 4 heteroatoms. The minimum absolute atomic E-state index is 0.330. The van der Waals surface area contributed by atoms with Crippen LogP contribution in [-0.2, 0) is 11.2 Å². The summed E-state index contributed by atoms with van der Waals surface area (Å²) in [5.74, 6) is 1.21. The van der Waals surface area contributed by atoms with Crippen molar-refractivity contribution in [3.8, 4) is 11.5 Å². The van der Waals surface area contributed by atoms with E-state index in [9.17, 15) is 4.79 Å². The molecule has 2 rings (SSSR count). The molecule has 2 aromatic carbocycles. The molecule has 21 heavy (non-hydrogen) atoms.